The lowest BCUT2D eigenvalue weighted by atomic mass is 10.2. The van der Waals surface area contributed by atoms with E-state index in [4.69, 9.17) is 0 Å². The van der Waals surface area contributed by atoms with Crippen molar-refractivity contribution < 1.29 is 34.7 Å². The van der Waals surface area contributed by atoms with Crippen LogP contribution in [0.5, 0.6) is 5.75 Å². The number of sulfonamides is 1. The van der Waals surface area contributed by atoms with Crippen LogP contribution in [0, 0.1) is 0 Å². The van der Waals surface area contributed by atoms with Crippen LogP contribution < -0.4 is 4.74 Å². The van der Waals surface area contributed by atoms with Gasteiger partial charge in [0.1, 0.15) is 5.75 Å². The molecule has 1 aromatic carbocycles. The summed E-state index contributed by atoms with van der Waals surface area (Å²) in [5.41, 5.74) is 0. The molecule has 1 atom stereocenters. The molecule has 1 aliphatic heterocycles. The largest absolute Gasteiger partial charge is 0.573 e. The fraction of sp³-hybridized carbons (Fsp3) is 0.571. The Balaban J connectivity index is 1.92. The highest BCUT2D eigenvalue weighted by Gasteiger charge is 2.46. The highest BCUT2D eigenvalue weighted by molar-refractivity contribution is 7.92. The summed E-state index contributed by atoms with van der Waals surface area (Å²) in [6.45, 7) is 0. The topological polar surface area (TPSA) is 80.8 Å². The molecule has 11 heteroatoms. The third-order valence-electron chi connectivity index (χ3n) is 4.09. The van der Waals surface area contributed by atoms with Crippen molar-refractivity contribution in [2.75, 3.05) is 11.5 Å². The third kappa shape index (κ3) is 4.26. The molecule has 1 saturated carbocycles. The van der Waals surface area contributed by atoms with Gasteiger partial charge in [-0.15, -0.1) is 13.2 Å². The standard InChI is InChI=1S/C14H16F3NO5S2/c15-14(16,17)23-12-2-1-3-13(8-12)25(21,22)18(10-4-5-10)11-6-7-24(19,20)9-11/h1-3,8,10-11H,4-7,9H2/t11-/m1/s1. The molecular formula is C14H16F3NO5S2. The van der Waals surface area contributed by atoms with Gasteiger partial charge in [-0.1, -0.05) is 6.07 Å². The number of rotatable bonds is 5. The molecule has 25 heavy (non-hydrogen) atoms. The van der Waals surface area contributed by atoms with Crippen molar-refractivity contribution in [1.29, 1.82) is 0 Å². The lowest BCUT2D eigenvalue weighted by molar-refractivity contribution is -0.274. The van der Waals surface area contributed by atoms with Gasteiger partial charge >= 0.3 is 6.36 Å². The Morgan fingerprint density at radius 2 is 1.80 bits per heavy atom. The van der Waals surface area contributed by atoms with Crippen LogP contribution in [0.2, 0.25) is 0 Å². The maximum absolute atomic E-state index is 12.9. The van der Waals surface area contributed by atoms with Crippen LogP contribution in [0.25, 0.3) is 0 Å². The van der Waals surface area contributed by atoms with Gasteiger partial charge in [0.15, 0.2) is 9.84 Å². The van der Waals surface area contributed by atoms with Crippen LogP contribution in [-0.2, 0) is 19.9 Å². The fourth-order valence-electron chi connectivity index (χ4n) is 2.95. The van der Waals surface area contributed by atoms with E-state index >= 15 is 0 Å². The molecule has 3 rings (SSSR count). The van der Waals surface area contributed by atoms with Gasteiger partial charge in [-0.3, -0.25) is 0 Å². The Hall–Kier alpha value is -1.33. The third-order valence-corrected chi connectivity index (χ3v) is 7.84. The molecule has 1 aromatic rings. The summed E-state index contributed by atoms with van der Waals surface area (Å²) in [6.07, 6.45) is -3.53. The first-order chi connectivity index (χ1) is 11.5. The summed E-state index contributed by atoms with van der Waals surface area (Å²) >= 11 is 0. The number of halogens is 3. The van der Waals surface area contributed by atoms with Gasteiger partial charge in [-0.2, -0.15) is 4.31 Å². The van der Waals surface area contributed by atoms with E-state index in [0.29, 0.717) is 12.8 Å². The van der Waals surface area contributed by atoms with Crippen molar-refractivity contribution in [3.05, 3.63) is 24.3 Å². The fourth-order valence-corrected chi connectivity index (χ4v) is 6.69. The number of hydrogen-bond acceptors (Lipinski definition) is 5. The van der Waals surface area contributed by atoms with Crippen LogP contribution in [0.1, 0.15) is 19.3 Å². The molecule has 0 radical (unpaired) electrons. The van der Waals surface area contributed by atoms with E-state index in [-0.39, 0.29) is 28.9 Å². The minimum atomic E-state index is -4.93. The van der Waals surface area contributed by atoms with Crippen LogP contribution in [-0.4, -0.2) is 51.1 Å². The Morgan fingerprint density at radius 1 is 1.12 bits per heavy atom. The van der Waals surface area contributed by atoms with E-state index in [9.17, 15) is 30.0 Å². The molecule has 0 amide bonds. The maximum atomic E-state index is 12.9. The zero-order valence-electron chi connectivity index (χ0n) is 12.9. The van der Waals surface area contributed by atoms with E-state index < -0.39 is 38.0 Å². The van der Waals surface area contributed by atoms with Crippen molar-refractivity contribution in [3.8, 4) is 5.75 Å². The minimum Gasteiger partial charge on any atom is -0.406 e. The lowest BCUT2D eigenvalue weighted by Gasteiger charge is -2.27. The average molecular weight is 399 g/mol. The van der Waals surface area contributed by atoms with Gasteiger partial charge in [0.05, 0.1) is 16.4 Å². The van der Waals surface area contributed by atoms with Crippen LogP contribution in [0.3, 0.4) is 0 Å². The van der Waals surface area contributed by atoms with Crippen molar-refractivity contribution in [2.45, 2.75) is 42.6 Å². The molecule has 0 unspecified atom stereocenters. The molecule has 0 spiro atoms. The summed E-state index contributed by atoms with van der Waals surface area (Å²) in [5.74, 6) is -0.988. The number of hydrogen-bond donors (Lipinski definition) is 0. The molecule has 0 aromatic heterocycles. The molecule has 140 valence electrons. The first kappa shape index (κ1) is 18.5. The van der Waals surface area contributed by atoms with E-state index in [1.165, 1.54) is 6.07 Å². The summed E-state index contributed by atoms with van der Waals surface area (Å²) in [5, 5.41) is 0. The summed E-state index contributed by atoms with van der Waals surface area (Å²) in [4.78, 5) is -0.342. The highest BCUT2D eigenvalue weighted by atomic mass is 32.2. The Kier molecular flexibility index (Phi) is 4.53. The van der Waals surface area contributed by atoms with E-state index in [1.54, 1.807) is 0 Å². The van der Waals surface area contributed by atoms with E-state index in [2.05, 4.69) is 4.74 Å². The number of ether oxygens (including phenoxy) is 1. The first-order valence-electron chi connectivity index (χ1n) is 7.58. The van der Waals surface area contributed by atoms with Crippen molar-refractivity contribution in [2.24, 2.45) is 0 Å². The van der Waals surface area contributed by atoms with Gasteiger partial charge in [0, 0.05) is 18.2 Å². The normalized spacial score (nSPS) is 23.8. The second-order valence-corrected chi connectivity index (χ2v) is 10.2. The predicted octanol–water partition coefficient (Wildman–Crippen LogP) is 1.93. The quantitative estimate of drug-likeness (QED) is 0.756. The molecule has 1 heterocycles. The molecule has 0 bridgehead atoms. The van der Waals surface area contributed by atoms with Crippen molar-refractivity contribution in [3.63, 3.8) is 0 Å². The average Bonchev–Trinajstić information content (AvgIpc) is 3.21. The maximum Gasteiger partial charge on any atom is 0.573 e. The molecule has 1 aliphatic carbocycles. The predicted molar refractivity (Wildman–Crippen MR) is 82.2 cm³/mol. The van der Waals surface area contributed by atoms with Gasteiger partial charge in [0.2, 0.25) is 10.0 Å². The van der Waals surface area contributed by atoms with Gasteiger partial charge in [-0.05, 0) is 31.4 Å². The van der Waals surface area contributed by atoms with E-state index in [0.717, 1.165) is 22.5 Å². The zero-order valence-corrected chi connectivity index (χ0v) is 14.6. The summed E-state index contributed by atoms with van der Waals surface area (Å²) < 4.78 is 91.2. The molecule has 6 nitrogen and oxygen atoms in total. The van der Waals surface area contributed by atoms with Crippen LogP contribution in [0.4, 0.5) is 13.2 Å². The monoisotopic (exact) mass is 399 g/mol. The highest BCUT2D eigenvalue weighted by Crippen LogP contribution is 2.37. The summed E-state index contributed by atoms with van der Waals surface area (Å²) in [6, 6.07) is 3.16. The Morgan fingerprint density at radius 3 is 2.32 bits per heavy atom. The molecular weight excluding hydrogens is 383 g/mol. The van der Waals surface area contributed by atoms with Crippen molar-refractivity contribution >= 4 is 19.9 Å². The smallest absolute Gasteiger partial charge is 0.406 e. The molecule has 1 saturated heterocycles. The zero-order chi connectivity index (χ0) is 18.5. The number of nitrogens with zero attached hydrogens (tertiary/aromatic N) is 1. The SMILES string of the molecule is O=S1(=O)CC[C@@H](N(C2CC2)S(=O)(=O)c2cccc(OC(F)(F)F)c2)C1. The van der Waals surface area contributed by atoms with Crippen LogP contribution in [0.15, 0.2) is 29.2 Å². The van der Waals surface area contributed by atoms with Gasteiger partial charge in [0.25, 0.3) is 0 Å². The van der Waals surface area contributed by atoms with Gasteiger partial charge in [-0.25, -0.2) is 16.8 Å². The molecule has 2 aliphatic rings. The Labute approximate surface area is 143 Å². The second kappa shape index (κ2) is 6.13. The van der Waals surface area contributed by atoms with Gasteiger partial charge < -0.3 is 4.74 Å². The van der Waals surface area contributed by atoms with Crippen LogP contribution >= 0.6 is 0 Å². The number of sulfone groups is 1. The Bertz CT molecular complexity index is 863. The van der Waals surface area contributed by atoms with E-state index in [1.807, 2.05) is 0 Å². The lowest BCUT2D eigenvalue weighted by Crippen LogP contribution is -2.42. The second-order valence-electron chi connectivity index (χ2n) is 6.15. The first-order valence-corrected chi connectivity index (χ1v) is 10.8. The number of alkyl halides is 3. The molecule has 0 N–H and O–H groups in total. The summed E-state index contributed by atoms with van der Waals surface area (Å²) in [7, 11) is -7.43. The number of benzene rings is 1. The minimum absolute atomic E-state index is 0.0897. The molecule has 2 fully saturated rings. The van der Waals surface area contributed by atoms with Crippen molar-refractivity contribution in [1.82, 2.24) is 4.31 Å².